The van der Waals surface area contributed by atoms with Crippen LogP contribution in [0.2, 0.25) is 4.34 Å². The molecular weight excluding hydrogens is 220 g/mol. The predicted octanol–water partition coefficient (Wildman–Crippen LogP) is 2.46. The molecule has 0 aliphatic carbocycles. The van der Waals surface area contributed by atoms with Crippen LogP contribution < -0.4 is 5.56 Å². The fraction of sp³-hybridized carbons (Fsp3) is 0.111. The van der Waals surface area contributed by atoms with E-state index in [-0.39, 0.29) is 5.56 Å². The molecule has 0 saturated heterocycles. The average Bonchev–Trinajstić information content (AvgIpc) is 2.57. The fourth-order valence-electron chi connectivity index (χ4n) is 1.03. The van der Waals surface area contributed by atoms with Crippen LogP contribution in [0.3, 0.4) is 0 Å². The highest BCUT2D eigenvalue weighted by atomic mass is 35.5. The second-order valence-electron chi connectivity index (χ2n) is 2.85. The zero-order valence-corrected chi connectivity index (χ0v) is 8.95. The molecule has 2 aromatic heterocycles. The van der Waals surface area contributed by atoms with E-state index >= 15 is 0 Å². The highest BCUT2D eigenvalue weighted by molar-refractivity contribution is 7.19. The third-order valence-electron chi connectivity index (χ3n) is 1.78. The smallest absolute Gasteiger partial charge is 0.254 e. The number of aromatic amines is 1. The van der Waals surface area contributed by atoms with Gasteiger partial charge in [-0.15, -0.1) is 11.3 Å². The Balaban J connectivity index is 2.53. The predicted molar refractivity (Wildman–Crippen MR) is 57.9 cm³/mol. The molecule has 5 heteroatoms. The minimum atomic E-state index is -0.112. The van der Waals surface area contributed by atoms with Crippen LogP contribution in [0.1, 0.15) is 5.56 Å². The van der Waals surface area contributed by atoms with Crippen molar-refractivity contribution >= 4 is 22.9 Å². The number of halogens is 1. The lowest BCUT2D eigenvalue weighted by atomic mass is 10.3. The molecule has 0 amide bonds. The fourth-order valence-corrected chi connectivity index (χ4v) is 2.02. The molecule has 3 nitrogen and oxygen atoms in total. The molecular formula is C9H7ClN2OS. The Morgan fingerprint density at radius 1 is 1.50 bits per heavy atom. The lowest BCUT2D eigenvalue weighted by Crippen LogP contribution is -2.10. The molecule has 0 aromatic carbocycles. The normalized spacial score (nSPS) is 10.4. The highest BCUT2D eigenvalue weighted by Gasteiger charge is 2.04. The van der Waals surface area contributed by atoms with Crippen LogP contribution in [0.4, 0.5) is 0 Å². The molecule has 0 aliphatic heterocycles. The number of rotatable bonds is 1. The number of hydrogen-bond acceptors (Lipinski definition) is 3. The van der Waals surface area contributed by atoms with Gasteiger partial charge in [-0.05, 0) is 19.1 Å². The zero-order chi connectivity index (χ0) is 10.1. The molecule has 0 aliphatic rings. The van der Waals surface area contributed by atoms with Gasteiger partial charge in [-0.1, -0.05) is 11.6 Å². The standard InChI is InChI=1S/C9H7ClN2OS/c1-5-4-11-8(12-9(5)13)6-2-3-7(10)14-6/h2-4H,1H3,(H,11,12,13). The van der Waals surface area contributed by atoms with Gasteiger partial charge in [0.05, 0.1) is 9.21 Å². The van der Waals surface area contributed by atoms with Gasteiger partial charge >= 0.3 is 0 Å². The summed E-state index contributed by atoms with van der Waals surface area (Å²) in [7, 11) is 0. The number of H-pyrrole nitrogens is 1. The summed E-state index contributed by atoms with van der Waals surface area (Å²) < 4.78 is 0.684. The van der Waals surface area contributed by atoms with Crippen molar-refractivity contribution < 1.29 is 0 Å². The molecule has 14 heavy (non-hydrogen) atoms. The molecule has 0 spiro atoms. The summed E-state index contributed by atoms with van der Waals surface area (Å²) in [6.45, 7) is 1.72. The number of nitrogens with one attached hydrogen (secondary N) is 1. The number of nitrogens with zero attached hydrogens (tertiary/aromatic N) is 1. The van der Waals surface area contributed by atoms with Crippen molar-refractivity contribution in [3.8, 4) is 10.7 Å². The monoisotopic (exact) mass is 226 g/mol. The van der Waals surface area contributed by atoms with Gasteiger partial charge < -0.3 is 4.98 Å². The van der Waals surface area contributed by atoms with Crippen LogP contribution in [0.15, 0.2) is 23.1 Å². The number of aromatic nitrogens is 2. The van der Waals surface area contributed by atoms with Crippen LogP contribution >= 0.6 is 22.9 Å². The van der Waals surface area contributed by atoms with Crippen molar-refractivity contribution in [1.29, 1.82) is 0 Å². The largest absolute Gasteiger partial charge is 0.306 e. The lowest BCUT2D eigenvalue weighted by Gasteiger charge is -1.96. The quantitative estimate of drug-likeness (QED) is 0.812. The minimum absolute atomic E-state index is 0.112. The third kappa shape index (κ3) is 1.71. The van der Waals surface area contributed by atoms with Gasteiger partial charge in [0.2, 0.25) is 0 Å². The Labute approximate surface area is 89.4 Å². The molecule has 0 atom stereocenters. The summed E-state index contributed by atoms with van der Waals surface area (Å²) in [6, 6.07) is 3.61. The van der Waals surface area contributed by atoms with E-state index in [9.17, 15) is 4.79 Å². The van der Waals surface area contributed by atoms with Gasteiger partial charge in [0.1, 0.15) is 5.82 Å². The molecule has 0 saturated carbocycles. The minimum Gasteiger partial charge on any atom is -0.306 e. The molecule has 72 valence electrons. The molecule has 2 aromatic rings. The highest BCUT2D eigenvalue weighted by Crippen LogP contribution is 2.27. The Morgan fingerprint density at radius 3 is 2.86 bits per heavy atom. The second kappa shape index (κ2) is 3.55. The Bertz CT molecular complexity index is 518. The van der Waals surface area contributed by atoms with E-state index in [1.807, 2.05) is 6.07 Å². The Kier molecular flexibility index (Phi) is 2.39. The van der Waals surface area contributed by atoms with Crippen molar-refractivity contribution in [3.63, 3.8) is 0 Å². The van der Waals surface area contributed by atoms with Gasteiger partial charge in [-0.2, -0.15) is 0 Å². The number of aryl methyl sites for hydroxylation is 1. The first-order valence-electron chi connectivity index (χ1n) is 3.98. The maximum absolute atomic E-state index is 11.3. The summed E-state index contributed by atoms with van der Waals surface area (Å²) in [6.07, 6.45) is 1.56. The van der Waals surface area contributed by atoms with E-state index in [4.69, 9.17) is 11.6 Å². The first kappa shape index (κ1) is 9.43. The molecule has 1 N–H and O–H groups in total. The van der Waals surface area contributed by atoms with E-state index < -0.39 is 0 Å². The summed E-state index contributed by atoms with van der Waals surface area (Å²) in [5, 5.41) is 0. The van der Waals surface area contributed by atoms with Crippen LogP contribution in [0.5, 0.6) is 0 Å². The average molecular weight is 227 g/mol. The Morgan fingerprint density at radius 2 is 2.29 bits per heavy atom. The summed E-state index contributed by atoms with van der Waals surface area (Å²) in [5.41, 5.74) is 0.496. The molecule has 0 radical (unpaired) electrons. The van der Waals surface area contributed by atoms with Gasteiger partial charge in [-0.3, -0.25) is 4.79 Å². The summed E-state index contributed by atoms with van der Waals surface area (Å²) >= 11 is 7.17. The van der Waals surface area contributed by atoms with Gasteiger partial charge in [0.25, 0.3) is 5.56 Å². The van der Waals surface area contributed by atoms with Crippen LogP contribution in [-0.2, 0) is 0 Å². The topological polar surface area (TPSA) is 45.8 Å². The molecule has 0 bridgehead atoms. The zero-order valence-electron chi connectivity index (χ0n) is 7.37. The number of thiophene rings is 1. The first-order valence-corrected chi connectivity index (χ1v) is 5.18. The van der Waals surface area contributed by atoms with Crippen LogP contribution in [-0.4, -0.2) is 9.97 Å². The molecule has 0 fully saturated rings. The number of hydrogen-bond donors (Lipinski definition) is 1. The first-order chi connectivity index (χ1) is 6.66. The van der Waals surface area contributed by atoms with Gasteiger partial charge in [0, 0.05) is 11.8 Å². The Hall–Kier alpha value is -1.13. The molecule has 0 unspecified atom stereocenters. The third-order valence-corrected chi connectivity index (χ3v) is 3.02. The van der Waals surface area contributed by atoms with Gasteiger partial charge in [-0.25, -0.2) is 4.98 Å². The molecule has 2 rings (SSSR count). The van der Waals surface area contributed by atoms with E-state index in [1.165, 1.54) is 11.3 Å². The van der Waals surface area contributed by atoms with Crippen molar-refractivity contribution in [2.45, 2.75) is 6.92 Å². The van der Waals surface area contributed by atoms with Crippen molar-refractivity contribution in [1.82, 2.24) is 9.97 Å². The molecule has 2 heterocycles. The van der Waals surface area contributed by atoms with E-state index in [0.29, 0.717) is 15.7 Å². The maximum Gasteiger partial charge on any atom is 0.254 e. The van der Waals surface area contributed by atoms with E-state index in [0.717, 1.165) is 4.88 Å². The summed E-state index contributed by atoms with van der Waals surface area (Å²) in [4.78, 5) is 19.0. The van der Waals surface area contributed by atoms with Crippen LogP contribution in [0, 0.1) is 6.92 Å². The van der Waals surface area contributed by atoms with Crippen LogP contribution in [0.25, 0.3) is 10.7 Å². The van der Waals surface area contributed by atoms with E-state index in [1.54, 1.807) is 19.2 Å². The van der Waals surface area contributed by atoms with Crippen molar-refractivity contribution in [2.75, 3.05) is 0 Å². The maximum atomic E-state index is 11.3. The second-order valence-corrected chi connectivity index (χ2v) is 4.56. The van der Waals surface area contributed by atoms with Crippen molar-refractivity contribution in [3.05, 3.63) is 38.6 Å². The van der Waals surface area contributed by atoms with E-state index in [2.05, 4.69) is 9.97 Å². The summed E-state index contributed by atoms with van der Waals surface area (Å²) in [5.74, 6) is 0.567. The van der Waals surface area contributed by atoms with Gasteiger partial charge in [0.15, 0.2) is 0 Å². The van der Waals surface area contributed by atoms with Crippen molar-refractivity contribution in [2.24, 2.45) is 0 Å². The SMILES string of the molecule is Cc1cnc(-c2ccc(Cl)s2)[nH]c1=O. The lowest BCUT2D eigenvalue weighted by molar-refractivity contribution is 1.09.